The molecule has 0 saturated carbocycles. The minimum atomic E-state index is -4.64. The van der Waals surface area contributed by atoms with Gasteiger partial charge in [0.1, 0.15) is 22.7 Å². The molecule has 0 aliphatic carbocycles. The van der Waals surface area contributed by atoms with Crippen LogP contribution in [0.4, 0.5) is 13.2 Å². The highest BCUT2D eigenvalue weighted by molar-refractivity contribution is 6.02. The SMILES string of the molecule is CCOC(=O)c1c(-c2nccnc2C)nn2c(=O)cc(-c3ccc(OC(c4ccccc4)C(F)(F)F)cc3)[nH]c12. The summed E-state index contributed by atoms with van der Waals surface area (Å²) in [6.07, 6.45) is -3.86. The Bertz CT molecular complexity index is 1730. The number of ether oxygens (including phenoxy) is 2. The summed E-state index contributed by atoms with van der Waals surface area (Å²) >= 11 is 0. The second kappa shape index (κ2) is 10.6. The van der Waals surface area contributed by atoms with E-state index in [9.17, 15) is 22.8 Å². The van der Waals surface area contributed by atoms with Gasteiger partial charge < -0.3 is 14.5 Å². The summed E-state index contributed by atoms with van der Waals surface area (Å²) in [6, 6.07) is 14.3. The Kier molecular flexibility index (Phi) is 7.07. The Morgan fingerprint density at radius 2 is 1.73 bits per heavy atom. The number of fused-ring (bicyclic) bond motifs is 1. The van der Waals surface area contributed by atoms with Crippen LogP contribution in [0.15, 0.2) is 77.9 Å². The van der Waals surface area contributed by atoms with E-state index in [0.29, 0.717) is 22.6 Å². The molecule has 3 aromatic heterocycles. The van der Waals surface area contributed by atoms with Gasteiger partial charge in [0, 0.05) is 24.0 Å². The standard InChI is InChI=1S/C28H22F3N5O4/c1-3-39-27(38)22-24(23-16(2)32-13-14-33-23)35-36-21(37)15-20(34-26(22)36)17-9-11-19(12-10-17)40-25(28(29,30)31)18-7-5-4-6-8-18/h4-15,25,34H,3H2,1-2H3. The normalized spacial score (nSPS) is 12.3. The summed E-state index contributed by atoms with van der Waals surface area (Å²) in [5.74, 6) is -0.733. The molecule has 5 aromatic rings. The van der Waals surface area contributed by atoms with Crippen LogP contribution in [-0.4, -0.2) is 43.3 Å². The van der Waals surface area contributed by atoms with Crippen LogP contribution in [0.2, 0.25) is 0 Å². The summed E-state index contributed by atoms with van der Waals surface area (Å²) in [5, 5.41) is 4.32. The molecule has 9 nitrogen and oxygen atoms in total. The Hall–Kier alpha value is -5.00. The summed E-state index contributed by atoms with van der Waals surface area (Å²) in [7, 11) is 0. The largest absolute Gasteiger partial charge is 0.476 e. The number of aromatic amines is 1. The monoisotopic (exact) mass is 549 g/mol. The van der Waals surface area contributed by atoms with Crippen LogP contribution >= 0.6 is 0 Å². The van der Waals surface area contributed by atoms with Gasteiger partial charge >= 0.3 is 12.1 Å². The molecule has 5 rings (SSSR count). The first kappa shape index (κ1) is 26.6. The predicted molar refractivity (Wildman–Crippen MR) is 139 cm³/mol. The van der Waals surface area contributed by atoms with Crippen molar-refractivity contribution >= 4 is 11.6 Å². The fourth-order valence-corrected chi connectivity index (χ4v) is 4.20. The third-order valence-electron chi connectivity index (χ3n) is 6.02. The lowest BCUT2D eigenvalue weighted by Crippen LogP contribution is -2.26. The number of aryl methyl sites for hydroxylation is 1. The number of carbonyl (C=O) groups is 1. The fraction of sp³-hybridized carbons (Fsp3) is 0.179. The van der Waals surface area contributed by atoms with Crippen molar-refractivity contribution in [2.24, 2.45) is 0 Å². The van der Waals surface area contributed by atoms with Crippen LogP contribution in [-0.2, 0) is 4.74 Å². The van der Waals surface area contributed by atoms with E-state index in [1.54, 1.807) is 19.9 Å². The number of benzene rings is 2. The zero-order valence-electron chi connectivity index (χ0n) is 21.3. The van der Waals surface area contributed by atoms with Crippen LogP contribution in [0.25, 0.3) is 28.3 Å². The molecule has 40 heavy (non-hydrogen) atoms. The molecule has 0 spiro atoms. The Morgan fingerprint density at radius 3 is 2.38 bits per heavy atom. The Morgan fingerprint density at radius 1 is 1.02 bits per heavy atom. The molecule has 1 N–H and O–H groups in total. The number of hydrogen-bond acceptors (Lipinski definition) is 7. The number of nitrogens with zero attached hydrogens (tertiary/aromatic N) is 4. The number of alkyl halides is 3. The van der Waals surface area contributed by atoms with Crippen LogP contribution < -0.4 is 10.3 Å². The van der Waals surface area contributed by atoms with Gasteiger partial charge in [0.2, 0.25) is 6.10 Å². The van der Waals surface area contributed by atoms with Crippen LogP contribution in [0.3, 0.4) is 0 Å². The maximum absolute atomic E-state index is 13.7. The van der Waals surface area contributed by atoms with Crippen molar-refractivity contribution in [3.8, 4) is 28.4 Å². The topological polar surface area (TPSA) is 111 Å². The molecular formula is C28H22F3N5O4. The van der Waals surface area contributed by atoms with Gasteiger partial charge in [-0.2, -0.15) is 22.8 Å². The second-order valence-electron chi connectivity index (χ2n) is 8.69. The smallest absolute Gasteiger partial charge is 0.429 e. The molecule has 0 aliphatic rings. The van der Waals surface area contributed by atoms with Gasteiger partial charge in [0.05, 0.1) is 18.0 Å². The molecule has 2 aromatic carbocycles. The van der Waals surface area contributed by atoms with Crippen LogP contribution in [0, 0.1) is 6.92 Å². The number of H-pyrrole nitrogens is 1. The first-order valence-electron chi connectivity index (χ1n) is 12.2. The van der Waals surface area contributed by atoms with E-state index in [1.807, 2.05) is 0 Å². The quantitative estimate of drug-likeness (QED) is 0.274. The average molecular weight is 550 g/mol. The van der Waals surface area contributed by atoms with E-state index < -0.39 is 23.8 Å². The maximum atomic E-state index is 13.7. The zero-order chi connectivity index (χ0) is 28.4. The number of hydrogen-bond donors (Lipinski definition) is 1. The van der Waals surface area contributed by atoms with Gasteiger partial charge in [-0.3, -0.25) is 14.8 Å². The molecule has 0 fully saturated rings. The summed E-state index contributed by atoms with van der Waals surface area (Å²) in [6.45, 7) is 3.43. The maximum Gasteiger partial charge on any atom is 0.429 e. The molecule has 12 heteroatoms. The number of carbonyl (C=O) groups excluding carboxylic acids is 1. The first-order valence-corrected chi connectivity index (χ1v) is 12.2. The lowest BCUT2D eigenvalue weighted by atomic mass is 10.1. The summed E-state index contributed by atoms with van der Waals surface area (Å²) < 4.78 is 52.7. The molecule has 0 amide bonds. The number of aromatic nitrogens is 5. The highest BCUT2D eigenvalue weighted by Gasteiger charge is 2.43. The van der Waals surface area contributed by atoms with Crippen molar-refractivity contribution in [1.29, 1.82) is 0 Å². The highest BCUT2D eigenvalue weighted by atomic mass is 19.4. The fourth-order valence-electron chi connectivity index (χ4n) is 4.20. The molecule has 0 radical (unpaired) electrons. The van der Waals surface area contributed by atoms with E-state index in [-0.39, 0.29) is 34.8 Å². The number of halogens is 3. The first-order chi connectivity index (χ1) is 19.2. The van der Waals surface area contributed by atoms with Gasteiger partial charge in [-0.25, -0.2) is 4.79 Å². The average Bonchev–Trinajstić information content (AvgIpc) is 3.32. The highest BCUT2D eigenvalue weighted by Crippen LogP contribution is 2.37. The van der Waals surface area contributed by atoms with Crippen molar-refractivity contribution < 1.29 is 27.4 Å². The molecule has 204 valence electrons. The second-order valence-corrected chi connectivity index (χ2v) is 8.69. The molecule has 1 unspecified atom stereocenters. The number of nitrogens with one attached hydrogen (secondary N) is 1. The van der Waals surface area contributed by atoms with Gasteiger partial charge in [-0.05, 0) is 43.7 Å². The zero-order valence-corrected chi connectivity index (χ0v) is 21.3. The third-order valence-corrected chi connectivity index (χ3v) is 6.02. The molecule has 3 heterocycles. The molecule has 0 bridgehead atoms. The minimum Gasteiger partial charge on any atom is -0.476 e. The van der Waals surface area contributed by atoms with Gasteiger partial charge in [-0.1, -0.05) is 30.3 Å². The minimum absolute atomic E-state index is 0.000216. The van der Waals surface area contributed by atoms with E-state index in [4.69, 9.17) is 9.47 Å². The third kappa shape index (κ3) is 5.15. The van der Waals surface area contributed by atoms with Crippen molar-refractivity contribution in [1.82, 2.24) is 24.6 Å². The van der Waals surface area contributed by atoms with Crippen molar-refractivity contribution in [3.05, 3.63) is 100 Å². The number of esters is 1. The van der Waals surface area contributed by atoms with Gasteiger partial charge in [-0.15, -0.1) is 0 Å². The van der Waals surface area contributed by atoms with E-state index in [0.717, 1.165) is 4.52 Å². The van der Waals surface area contributed by atoms with Crippen molar-refractivity contribution in [3.63, 3.8) is 0 Å². The molecule has 0 saturated heterocycles. The number of rotatable bonds is 7. The lowest BCUT2D eigenvalue weighted by molar-refractivity contribution is -0.198. The molecular weight excluding hydrogens is 527 g/mol. The van der Waals surface area contributed by atoms with E-state index in [1.165, 1.54) is 67.0 Å². The van der Waals surface area contributed by atoms with Crippen molar-refractivity contribution in [2.75, 3.05) is 6.61 Å². The predicted octanol–water partition coefficient (Wildman–Crippen LogP) is 5.31. The van der Waals surface area contributed by atoms with E-state index >= 15 is 0 Å². The van der Waals surface area contributed by atoms with E-state index in [2.05, 4.69) is 20.1 Å². The van der Waals surface area contributed by atoms with Crippen LogP contribution in [0.5, 0.6) is 5.75 Å². The lowest BCUT2D eigenvalue weighted by Gasteiger charge is -2.22. The van der Waals surface area contributed by atoms with Crippen molar-refractivity contribution in [2.45, 2.75) is 26.1 Å². The Labute approximate surface area is 225 Å². The molecule has 0 aliphatic heterocycles. The summed E-state index contributed by atoms with van der Waals surface area (Å²) in [5.41, 5.74) is 1.17. The van der Waals surface area contributed by atoms with Gasteiger partial charge in [0.15, 0.2) is 5.65 Å². The Balaban J connectivity index is 1.55. The summed E-state index contributed by atoms with van der Waals surface area (Å²) in [4.78, 5) is 37.5. The van der Waals surface area contributed by atoms with Crippen LogP contribution in [0.1, 0.15) is 34.6 Å². The van der Waals surface area contributed by atoms with Gasteiger partial charge in [0.25, 0.3) is 5.56 Å². The molecule has 1 atom stereocenters.